The van der Waals surface area contributed by atoms with Gasteiger partial charge < -0.3 is 10.6 Å². The molecular weight excluding hydrogens is 343 g/mol. The second-order valence-electron chi connectivity index (χ2n) is 4.50. The molecule has 96 valence electrons. The van der Waals surface area contributed by atoms with E-state index in [0.29, 0.717) is 18.7 Å². The van der Waals surface area contributed by atoms with Gasteiger partial charge in [0.25, 0.3) is 5.91 Å². The topological polar surface area (TPSA) is 63.4 Å². The summed E-state index contributed by atoms with van der Waals surface area (Å²) in [5.74, 6) is -0.529. The van der Waals surface area contributed by atoms with Crippen molar-refractivity contribution in [3.8, 4) is 0 Å². The number of benzene rings is 1. The minimum Gasteiger partial charge on any atom is -0.369 e. The molecule has 4 nitrogen and oxygen atoms in total. The minimum absolute atomic E-state index is 0.0163. The van der Waals surface area contributed by atoms with Crippen LogP contribution in [0.3, 0.4) is 0 Å². The van der Waals surface area contributed by atoms with E-state index in [1.165, 1.54) is 0 Å². The van der Waals surface area contributed by atoms with E-state index in [-0.39, 0.29) is 17.7 Å². The molecule has 2 N–H and O–H groups in total. The highest BCUT2D eigenvalue weighted by Crippen LogP contribution is 2.18. The van der Waals surface area contributed by atoms with Crippen molar-refractivity contribution in [2.24, 2.45) is 11.7 Å². The summed E-state index contributed by atoms with van der Waals surface area (Å²) in [7, 11) is 0. The fourth-order valence-electron chi connectivity index (χ4n) is 2.17. The van der Waals surface area contributed by atoms with Crippen molar-refractivity contribution in [1.29, 1.82) is 0 Å². The lowest BCUT2D eigenvalue weighted by atomic mass is 9.97. The first-order valence-electron chi connectivity index (χ1n) is 5.92. The third kappa shape index (κ3) is 3.01. The Morgan fingerprint density at radius 3 is 2.56 bits per heavy atom. The Morgan fingerprint density at radius 2 is 1.94 bits per heavy atom. The molecule has 1 aromatic carbocycles. The molecule has 18 heavy (non-hydrogen) atoms. The number of nitrogens with zero attached hydrogens (tertiary/aromatic N) is 1. The number of amides is 2. The maximum absolute atomic E-state index is 12.3. The molecule has 2 rings (SSSR count). The van der Waals surface area contributed by atoms with Crippen molar-refractivity contribution in [3.05, 3.63) is 33.4 Å². The predicted molar refractivity (Wildman–Crippen MR) is 77.0 cm³/mol. The zero-order chi connectivity index (χ0) is 13.1. The number of carbonyl (C=O) groups excluding carboxylic acids is 2. The number of primary amides is 1. The fraction of sp³-hybridized carbons (Fsp3) is 0.385. The molecule has 0 radical (unpaired) electrons. The van der Waals surface area contributed by atoms with E-state index in [4.69, 9.17) is 5.73 Å². The molecular formula is C13H15IN2O2. The van der Waals surface area contributed by atoms with Crippen molar-refractivity contribution in [1.82, 2.24) is 4.90 Å². The molecule has 1 unspecified atom stereocenters. The van der Waals surface area contributed by atoms with Gasteiger partial charge in [-0.1, -0.05) is 0 Å². The Labute approximate surface area is 120 Å². The maximum atomic E-state index is 12.3. The van der Waals surface area contributed by atoms with Crippen molar-refractivity contribution >= 4 is 34.4 Å². The third-order valence-corrected chi connectivity index (χ3v) is 3.92. The Balaban J connectivity index is 2.09. The Kier molecular flexibility index (Phi) is 4.21. The molecule has 1 fully saturated rings. The van der Waals surface area contributed by atoms with Gasteiger partial charge >= 0.3 is 0 Å². The normalized spacial score (nSPS) is 19.6. The van der Waals surface area contributed by atoms with Crippen molar-refractivity contribution in [2.75, 3.05) is 13.1 Å². The summed E-state index contributed by atoms with van der Waals surface area (Å²) in [6.45, 7) is 1.15. The first-order chi connectivity index (χ1) is 8.58. The van der Waals surface area contributed by atoms with E-state index < -0.39 is 0 Å². The average molecular weight is 358 g/mol. The highest BCUT2D eigenvalue weighted by Gasteiger charge is 2.27. The van der Waals surface area contributed by atoms with E-state index in [1.54, 1.807) is 4.90 Å². The van der Waals surface area contributed by atoms with Crippen LogP contribution in [-0.2, 0) is 4.79 Å². The molecule has 0 saturated carbocycles. The summed E-state index contributed by atoms with van der Waals surface area (Å²) in [5, 5.41) is 0. The van der Waals surface area contributed by atoms with E-state index in [0.717, 1.165) is 16.4 Å². The van der Waals surface area contributed by atoms with Gasteiger partial charge in [-0.05, 0) is 59.7 Å². The molecule has 1 aliphatic heterocycles. The lowest BCUT2D eigenvalue weighted by Crippen LogP contribution is -2.44. The SMILES string of the molecule is NC(=O)C1CCCN(C(=O)c2ccc(I)cc2)C1. The number of piperidine rings is 1. The summed E-state index contributed by atoms with van der Waals surface area (Å²) in [4.78, 5) is 25.2. The lowest BCUT2D eigenvalue weighted by Gasteiger charge is -2.31. The lowest BCUT2D eigenvalue weighted by molar-refractivity contribution is -0.123. The van der Waals surface area contributed by atoms with Gasteiger partial charge in [0, 0.05) is 22.2 Å². The summed E-state index contributed by atoms with van der Waals surface area (Å²) >= 11 is 2.20. The Hall–Kier alpha value is -1.11. The van der Waals surface area contributed by atoms with Gasteiger partial charge in [-0.3, -0.25) is 9.59 Å². The minimum atomic E-state index is -0.310. The van der Waals surface area contributed by atoms with Crippen LogP contribution in [0.15, 0.2) is 24.3 Å². The molecule has 0 aliphatic carbocycles. The second kappa shape index (κ2) is 5.69. The molecule has 0 spiro atoms. The highest BCUT2D eigenvalue weighted by molar-refractivity contribution is 14.1. The molecule has 1 aromatic rings. The molecule has 1 aliphatic rings. The summed E-state index contributed by atoms with van der Waals surface area (Å²) < 4.78 is 1.10. The maximum Gasteiger partial charge on any atom is 0.253 e. The van der Waals surface area contributed by atoms with Crippen LogP contribution in [0, 0.1) is 9.49 Å². The number of hydrogen-bond donors (Lipinski definition) is 1. The van der Waals surface area contributed by atoms with E-state index in [2.05, 4.69) is 22.6 Å². The Bertz CT molecular complexity index is 459. The second-order valence-corrected chi connectivity index (χ2v) is 5.75. The number of nitrogens with two attached hydrogens (primary N) is 1. The highest BCUT2D eigenvalue weighted by atomic mass is 127. The van der Waals surface area contributed by atoms with Crippen molar-refractivity contribution in [2.45, 2.75) is 12.8 Å². The number of halogens is 1. The Morgan fingerprint density at radius 1 is 1.28 bits per heavy atom. The van der Waals surface area contributed by atoms with Gasteiger partial charge in [-0.2, -0.15) is 0 Å². The summed E-state index contributed by atoms with van der Waals surface area (Å²) in [5.41, 5.74) is 5.98. The monoisotopic (exact) mass is 358 g/mol. The summed E-state index contributed by atoms with van der Waals surface area (Å²) in [6, 6.07) is 7.45. The molecule has 0 aromatic heterocycles. The number of rotatable bonds is 2. The van der Waals surface area contributed by atoms with Crippen LogP contribution in [-0.4, -0.2) is 29.8 Å². The van der Waals surface area contributed by atoms with Gasteiger partial charge in [0.05, 0.1) is 5.92 Å². The van der Waals surface area contributed by atoms with Gasteiger partial charge in [-0.25, -0.2) is 0 Å². The van der Waals surface area contributed by atoms with Crippen LogP contribution >= 0.6 is 22.6 Å². The number of carbonyl (C=O) groups is 2. The van der Waals surface area contributed by atoms with Crippen LogP contribution in [0.2, 0.25) is 0 Å². The molecule has 0 bridgehead atoms. The zero-order valence-corrected chi connectivity index (χ0v) is 12.1. The predicted octanol–water partition coefficient (Wildman–Crippen LogP) is 1.63. The standard InChI is InChI=1S/C13H15IN2O2/c14-11-5-3-9(4-6-11)13(18)16-7-1-2-10(8-16)12(15)17/h3-6,10H,1-2,7-8H2,(H2,15,17). The quantitative estimate of drug-likeness (QED) is 0.817. The molecule has 1 atom stereocenters. The van der Waals surface area contributed by atoms with Crippen LogP contribution in [0.25, 0.3) is 0 Å². The van der Waals surface area contributed by atoms with Gasteiger partial charge in [0.2, 0.25) is 5.91 Å². The van der Waals surface area contributed by atoms with Crippen LogP contribution in [0.1, 0.15) is 23.2 Å². The van der Waals surface area contributed by atoms with E-state index >= 15 is 0 Å². The largest absolute Gasteiger partial charge is 0.369 e. The van der Waals surface area contributed by atoms with Crippen LogP contribution in [0.5, 0.6) is 0 Å². The fourth-order valence-corrected chi connectivity index (χ4v) is 2.53. The molecule has 1 saturated heterocycles. The van der Waals surface area contributed by atoms with Gasteiger partial charge in [0.1, 0.15) is 0 Å². The van der Waals surface area contributed by atoms with Crippen molar-refractivity contribution < 1.29 is 9.59 Å². The molecule has 2 amide bonds. The molecule has 5 heteroatoms. The van der Waals surface area contributed by atoms with E-state index in [9.17, 15) is 9.59 Å². The van der Waals surface area contributed by atoms with Crippen molar-refractivity contribution in [3.63, 3.8) is 0 Å². The van der Waals surface area contributed by atoms with Crippen LogP contribution < -0.4 is 5.73 Å². The van der Waals surface area contributed by atoms with E-state index in [1.807, 2.05) is 24.3 Å². The van der Waals surface area contributed by atoms with Gasteiger partial charge in [0.15, 0.2) is 0 Å². The first-order valence-corrected chi connectivity index (χ1v) is 7.00. The number of likely N-dealkylation sites (tertiary alicyclic amines) is 1. The van der Waals surface area contributed by atoms with Gasteiger partial charge in [-0.15, -0.1) is 0 Å². The first kappa shape index (κ1) is 13.3. The number of hydrogen-bond acceptors (Lipinski definition) is 2. The zero-order valence-electron chi connectivity index (χ0n) is 9.93. The molecule has 1 heterocycles. The summed E-state index contributed by atoms with van der Waals surface area (Å²) in [6.07, 6.45) is 1.62. The smallest absolute Gasteiger partial charge is 0.253 e. The van der Waals surface area contributed by atoms with Crippen LogP contribution in [0.4, 0.5) is 0 Å². The average Bonchev–Trinajstić information content (AvgIpc) is 2.39. The third-order valence-electron chi connectivity index (χ3n) is 3.20.